The van der Waals surface area contributed by atoms with Gasteiger partial charge in [-0.1, -0.05) is 67.4 Å². The number of aryl methyl sites for hydroxylation is 1. The highest BCUT2D eigenvalue weighted by Gasteiger charge is 2.48. The van der Waals surface area contributed by atoms with Crippen molar-refractivity contribution in [2.75, 3.05) is 18.6 Å². The van der Waals surface area contributed by atoms with Crippen LogP contribution >= 0.6 is 0 Å². The number of rotatable bonds is 18. The fourth-order valence-corrected chi connectivity index (χ4v) is 7.88. The number of nitrogens with one attached hydrogen (secondary N) is 2. The van der Waals surface area contributed by atoms with Gasteiger partial charge in [-0.25, -0.2) is 0 Å². The number of aliphatic carboxylic acids is 1. The Morgan fingerprint density at radius 3 is 2.13 bits per heavy atom. The fraction of sp³-hybridized carbons (Fsp3) is 0.442. The molecule has 1 aliphatic carbocycles. The molecule has 2 fully saturated rings. The largest absolute Gasteiger partial charge is 0.497 e. The number of hydrogen-bond acceptors (Lipinski definition) is 7. The van der Waals surface area contributed by atoms with Crippen LogP contribution in [0.15, 0.2) is 78.9 Å². The van der Waals surface area contributed by atoms with Crippen molar-refractivity contribution < 1.29 is 38.6 Å². The van der Waals surface area contributed by atoms with Gasteiger partial charge in [0.15, 0.2) is 5.78 Å². The molecule has 2 aliphatic rings. The Kier molecular flexibility index (Phi) is 13.8. The zero-order valence-electron chi connectivity index (χ0n) is 31.9. The molecule has 0 spiro atoms. The van der Waals surface area contributed by atoms with Crippen molar-refractivity contribution in [3.8, 4) is 5.75 Å². The van der Waals surface area contributed by atoms with Crippen LogP contribution in [0.25, 0.3) is 0 Å². The van der Waals surface area contributed by atoms with Crippen molar-refractivity contribution in [3.63, 3.8) is 0 Å². The Labute approximate surface area is 322 Å². The van der Waals surface area contributed by atoms with E-state index in [0.29, 0.717) is 50.1 Å². The van der Waals surface area contributed by atoms with Gasteiger partial charge < -0.3 is 25.4 Å². The van der Waals surface area contributed by atoms with E-state index in [4.69, 9.17) is 4.74 Å². The van der Waals surface area contributed by atoms with E-state index in [-0.39, 0.29) is 49.2 Å². The first-order chi connectivity index (χ1) is 26.4. The van der Waals surface area contributed by atoms with Gasteiger partial charge in [0.05, 0.1) is 25.0 Å². The van der Waals surface area contributed by atoms with Crippen LogP contribution in [0.4, 0.5) is 5.69 Å². The van der Waals surface area contributed by atoms with Crippen LogP contribution in [0.2, 0.25) is 0 Å². The van der Waals surface area contributed by atoms with Crippen molar-refractivity contribution in [2.45, 2.75) is 103 Å². The maximum absolute atomic E-state index is 14.5. The van der Waals surface area contributed by atoms with Crippen LogP contribution in [0.5, 0.6) is 5.75 Å². The van der Waals surface area contributed by atoms with Gasteiger partial charge in [0.2, 0.25) is 17.7 Å². The third-order valence-corrected chi connectivity index (χ3v) is 10.9. The number of hydrogen-bond donors (Lipinski definition) is 3. The Morgan fingerprint density at radius 2 is 1.53 bits per heavy atom. The van der Waals surface area contributed by atoms with E-state index in [1.54, 1.807) is 41.2 Å². The third kappa shape index (κ3) is 10.4. The van der Waals surface area contributed by atoms with Gasteiger partial charge >= 0.3 is 5.97 Å². The number of carbonyl (C=O) groups is 6. The number of carbonyl (C=O) groups excluding carboxylic acids is 5. The molecule has 0 aromatic heterocycles. The number of ether oxygens (including phenoxy) is 1. The Morgan fingerprint density at radius 1 is 0.873 bits per heavy atom. The summed E-state index contributed by atoms with van der Waals surface area (Å²) < 4.78 is 5.31. The van der Waals surface area contributed by atoms with Crippen molar-refractivity contribution in [1.82, 2.24) is 15.5 Å². The van der Waals surface area contributed by atoms with Crippen LogP contribution < -0.4 is 20.3 Å². The number of carboxylic acid groups (broad SMARTS) is 1. The number of benzene rings is 3. The summed E-state index contributed by atoms with van der Waals surface area (Å²) in [5.74, 6) is -1.63. The van der Waals surface area contributed by atoms with Gasteiger partial charge in [-0.05, 0) is 86.4 Å². The number of Topliss-reactive ketones (excluding diaryl/α,β-unsaturated/α-hetero) is 1. The molecule has 292 valence electrons. The monoisotopic (exact) mass is 752 g/mol. The summed E-state index contributed by atoms with van der Waals surface area (Å²) in [5, 5.41) is 15.2. The van der Waals surface area contributed by atoms with Crippen molar-refractivity contribution in [1.29, 1.82) is 0 Å². The van der Waals surface area contributed by atoms with Crippen LogP contribution in [0, 0.1) is 5.41 Å². The lowest BCUT2D eigenvalue weighted by Crippen LogP contribution is -2.49. The zero-order valence-corrected chi connectivity index (χ0v) is 31.9. The SMILES string of the molecule is COc1ccc(CC2C(=O)N(c3ccc(CC(NC(=O)C4(CCNC(C)=O)CCCC4)C(C)=O)cc3)C(CCc3ccccc3)N2C(=O)CCC(=O)O)cc1. The molecule has 3 aromatic carbocycles. The van der Waals surface area contributed by atoms with Crippen LogP contribution in [0.1, 0.15) is 81.9 Å². The van der Waals surface area contributed by atoms with Gasteiger partial charge in [0, 0.05) is 32.0 Å². The molecular formula is C43H52N4O8. The number of nitrogens with zero attached hydrogens (tertiary/aromatic N) is 2. The third-order valence-electron chi connectivity index (χ3n) is 10.9. The highest BCUT2D eigenvalue weighted by atomic mass is 16.5. The zero-order chi connectivity index (χ0) is 39.5. The van der Waals surface area contributed by atoms with Gasteiger partial charge in [0.1, 0.15) is 18.0 Å². The minimum atomic E-state index is -1.10. The lowest BCUT2D eigenvalue weighted by Gasteiger charge is -2.32. The summed E-state index contributed by atoms with van der Waals surface area (Å²) in [4.78, 5) is 81.2. The number of carboxylic acids is 1. The van der Waals surface area contributed by atoms with E-state index in [1.165, 1.54) is 13.8 Å². The first kappa shape index (κ1) is 40.7. The van der Waals surface area contributed by atoms with E-state index >= 15 is 0 Å². The summed E-state index contributed by atoms with van der Waals surface area (Å²) in [6.45, 7) is 3.29. The fourth-order valence-electron chi connectivity index (χ4n) is 7.88. The molecule has 3 N–H and O–H groups in total. The molecular weight excluding hydrogens is 700 g/mol. The normalized spacial score (nSPS) is 18.1. The molecule has 5 rings (SSSR count). The second-order valence-electron chi connectivity index (χ2n) is 14.7. The standard InChI is InChI=1S/C43H52N4O8/c1-29(48)36(45-42(54)43(23-7-8-24-43)25-26-44-30(2)49)27-32-11-16-34(17-12-32)46-38(20-15-31-9-5-4-6-10-31)47(39(50)21-22-40(51)52)37(41(46)53)28-33-13-18-35(55-3)19-14-33/h4-6,9-14,16-19,36-38H,7-8,15,20-28H2,1-3H3,(H,44,49)(H,45,54)(H,51,52). The summed E-state index contributed by atoms with van der Waals surface area (Å²) in [5.41, 5.74) is 2.56. The molecule has 3 unspecified atom stereocenters. The second-order valence-corrected chi connectivity index (χ2v) is 14.7. The van der Waals surface area contributed by atoms with E-state index in [1.807, 2.05) is 54.6 Å². The number of ketones is 1. The molecule has 55 heavy (non-hydrogen) atoms. The van der Waals surface area contributed by atoms with Crippen molar-refractivity contribution >= 4 is 41.1 Å². The highest BCUT2D eigenvalue weighted by Crippen LogP contribution is 2.41. The van der Waals surface area contributed by atoms with Crippen LogP contribution in [-0.4, -0.2) is 77.3 Å². The van der Waals surface area contributed by atoms with Crippen LogP contribution in [-0.2, 0) is 48.0 Å². The molecule has 0 bridgehead atoms. The molecule has 3 atom stereocenters. The van der Waals surface area contributed by atoms with E-state index in [0.717, 1.165) is 29.5 Å². The summed E-state index contributed by atoms with van der Waals surface area (Å²) >= 11 is 0. The van der Waals surface area contributed by atoms with Crippen molar-refractivity contribution in [3.05, 3.63) is 95.6 Å². The van der Waals surface area contributed by atoms with Gasteiger partial charge in [-0.2, -0.15) is 0 Å². The molecule has 12 heteroatoms. The predicted molar refractivity (Wildman–Crippen MR) is 207 cm³/mol. The predicted octanol–water partition coefficient (Wildman–Crippen LogP) is 5.01. The molecule has 1 heterocycles. The average Bonchev–Trinajstić information content (AvgIpc) is 3.76. The quantitative estimate of drug-likeness (QED) is 0.164. The molecule has 1 saturated heterocycles. The number of methoxy groups -OCH3 is 1. The topological polar surface area (TPSA) is 162 Å². The Bertz CT molecular complexity index is 1820. The molecule has 1 aliphatic heterocycles. The lowest BCUT2D eigenvalue weighted by atomic mass is 9.81. The smallest absolute Gasteiger partial charge is 0.303 e. The summed E-state index contributed by atoms with van der Waals surface area (Å²) in [7, 11) is 1.57. The first-order valence-electron chi connectivity index (χ1n) is 19.1. The van der Waals surface area contributed by atoms with E-state index < -0.39 is 35.5 Å². The average molecular weight is 753 g/mol. The Hall–Kier alpha value is -5.52. The van der Waals surface area contributed by atoms with Crippen molar-refractivity contribution in [2.24, 2.45) is 5.41 Å². The number of anilines is 1. The minimum Gasteiger partial charge on any atom is -0.497 e. The summed E-state index contributed by atoms with van der Waals surface area (Å²) in [6.07, 6.45) is 3.87. The van der Waals surface area contributed by atoms with Crippen LogP contribution in [0.3, 0.4) is 0 Å². The van der Waals surface area contributed by atoms with E-state index in [9.17, 15) is 33.9 Å². The molecule has 1 saturated carbocycles. The maximum atomic E-state index is 14.5. The van der Waals surface area contributed by atoms with Gasteiger partial charge in [0.25, 0.3) is 5.91 Å². The first-order valence-corrected chi connectivity index (χ1v) is 19.1. The van der Waals surface area contributed by atoms with Gasteiger partial charge in [-0.3, -0.25) is 33.7 Å². The van der Waals surface area contributed by atoms with Gasteiger partial charge in [-0.15, -0.1) is 0 Å². The Balaban J connectivity index is 1.41. The highest BCUT2D eigenvalue weighted by molar-refractivity contribution is 6.03. The molecule has 3 aromatic rings. The molecule has 12 nitrogen and oxygen atoms in total. The number of amides is 4. The molecule has 0 radical (unpaired) electrons. The summed E-state index contributed by atoms with van der Waals surface area (Å²) in [6, 6.07) is 22.7. The molecule has 4 amide bonds. The maximum Gasteiger partial charge on any atom is 0.303 e. The van der Waals surface area contributed by atoms with E-state index in [2.05, 4.69) is 10.6 Å². The minimum absolute atomic E-state index is 0.151. The lowest BCUT2D eigenvalue weighted by molar-refractivity contribution is -0.142. The second kappa shape index (κ2) is 18.7.